The smallest absolute Gasteiger partial charge is 0.321 e. The fraction of sp³-hybridized carbons (Fsp3) is 0.323. The molecule has 204 valence electrons. The third kappa shape index (κ3) is 6.57. The van der Waals surface area contributed by atoms with E-state index in [4.69, 9.17) is 25.4 Å². The molecule has 0 aliphatic carbocycles. The van der Waals surface area contributed by atoms with Gasteiger partial charge in [0.2, 0.25) is 5.91 Å². The number of amidine groups is 1. The second-order valence-electron chi connectivity index (χ2n) is 9.88. The zero-order valence-corrected chi connectivity index (χ0v) is 22.4. The molecule has 1 heterocycles. The second kappa shape index (κ2) is 12.5. The van der Waals surface area contributed by atoms with Crippen molar-refractivity contribution in [1.82, 2.24) is 4.90 Å². The Labute approximate surface area is 229 Å². The summed E-state index contributed by atoms with van der Waals surface area (Å²) in [5.74, 6) is 0.783. The molecule has 3 N–H and O–H groups in total. The molecule has 39 heavy (non-hydrogen) atoms. The van der Waals surface area contributed by atoms with Gasteiger partial charge >= 0.3 is 5.97 Å². The van der Waals surface area contributed by atoms with Crippen molar-refractivity contribution in [2.45, 2.75) is 32.2 Å². The number of unbranched alkanes of at least 4 members (excludes halogenated alkanes) is 1. The maximum Gasteiger partial charge on any atom is 0.321 e. The normalized spacial score (nSPS) is 18.6. The lowest BCUT2D eigenvalue weighted by molar-refractivity contribution is -0.157. The van der Waals surface area contributed by atoms with E-state index in [1.54, 1.807) is 11.8 Å². The molecule has 3 aromatic rings. The first-order valence-corrected chi connectivity index (χ1v) is 13.1. The van der Waals surface area contributed by atoms with Gasteiger partial charge in [-0.25, -0.2) is 0 Å². The van der Waals surface area contributed by atoms with E-state index < -0.39 is 11.4 Å². The zero-order valence-electron chi connectivity index (χ0n) is 22.4. The zero-order chi connectivity index (χ0) is 27.8. The highest BCUT2D eigenvalue weighted by Crippen LogP contribution is 2.37. The Hall–Kier alpha value is -4.33. The number of ether oxygens (including phenoxy) is 3. The van der Waals surface area contributed by atoms with Crippen LogP contribution in [-0.2, 0) is 14.3 Å². The van der Waals surface area contributed by atoms with Crippen LogP contribution in [0.3, 0.4) is 0 Å². The number of rotatable bonds is 12. The van der Waals surface area contributed by atoms with Gasteiger partial charge in [-0.05, 0) is 61.6 Å². The van der Waals surface area contributed by atoms with E-state index in [1.807, 2.05) is 78.9 Å². The Bertz CT molecular complexity index is 1280. The number of carbonyl (C=O) groups excluding carboxylic acids is 2. The highest BCUT2D eigenvalue weighted by atomic mass is 16.5. The number of nitrogens with two attached hydrogens (primary N) is 1. The van der Waals surface area contributed by atoms with Crippen LogP contribution in [0.25, 0.3) is 11.1 Å². The largest absolute Gasteiger partial charge is 0.494 e. The summed E-state index contributed by atoms with van der Waals surface area (Å²) in [7, 11) is 1.31. The molecule has 4 rings (SSSR count). The van der Waals surface area contributed by atoms with Gasteiger partial charge in [0.15, 0.2) is 0 Å². The van der Waals surface area contributed by atoms with Crippen LogP contribution in [0.2, 0.25) is 0 Å². The van der Waals surface area contributed by atoms with Crippen LogP contribution in [0, 0.1) is 10.8 Å². The number of nitrogens with zero attached hydrogens (tertiary/aromatic N) is 1. The summed E-state index contributed by atoms with van der Waals surface area (Å²) < 4.78 is 16.8. The standard InChI is InChI=1S/C31H35N3O5/c1-31(30(36)37-2)20-25(34(29(31)35)18-6-7-19-38-26-8-4-3-5-9-26)21-39-27-16-14-23(15-17-27)22-10-12-24(13-11-22)28(32)33/h3-5,8-17,25H,6-7,18-21H2,1-2H3,(H3,32,33)/t25-,31-/m0/s1. The number of benzene rings is 3. The number of esters is 1. The molecule has 1 amide bonds. The monoisotopic (exact) mass is 529 g/mol. The lowest BCUT2D eigenvalue weighted by Crippen LogP contribution is -2.41. The predicted molar refractivity (Wildman–Crippen MR) is 150 cm³/mol. The number of nitrogens with one attached hydrogen (secondary N) is 1. The molecule has 1 saturated heterocycles. The Kier molecular flexibility index (Phi) is 8.86. The van der Waals surface area contributed by atoms with Crippen molar-refractivity contribution in [2.75, 3.05) is 26.9 Å². The van der Waals surface area contributed by atoms with Gasteiger partial charge in [0.1, 0.15) is 29.4 Å². The fourth-order valence-corrected chi connectivity index (χ4v) is 4.85. The Balaban J connectivity index is 1.36. The van der Waals surface area contributed by atoms with Crippen molar-refractivity contribution < 1.29 is 23.8 Å². The SMILES string of the molecule is COC(=O)[C@@]1(C)C[C@@H](COc2ccc(-c3ccc(C(=N)N)cc3)cc2)N(CCCCOc2ccccc2)C1=O. The average Bonchev–Trinajstić information content (AvgIpc) is 3.21. The molecule has 0 radical (unpaired) electrons. The van der Waals surface area contributed by atoms with Gasteiger partial charge in [-0.3, -0.25) is 15.0 Å². The van der Waals surface area contributed by atoms with Crippen LogP contribution < -0.4 is 15.2 Å². The number of methoxy groups -OCH3 is 1. The summed E-state index contributed by atoms with van der Waals surface area (Å²) in [4.78, 5) is 27.6. The Morgan fingerprint density at radius 2 is 1.56 bits per heavy atom. The number of likely N-dealkylation sites (tertiary alicyclic amines) is 1. The molecule has 0 spiro atoms. The first-order valence-electron chi connectivity index (χ1n) is 13.1. The van der Waals surface area contributed by atoms with Crippen LogP contribution in [-0.4, -0.2) is 55.5 Å². The lowest BCUT2D eigenvalue weighted by Gasteiger charge is -2.25. The van der Waals surface area contributed by atoms with E-state index in [2.05, 4.69) is 0 Å². The van der Waals surface area contributed by atoms with E-state index in [0.29, 0.717) is 30.9 Å². The fourth-order valence-electron chi connectivity index (χ4n) is 4.85. The minimum absolute atomic E-state index is 0.0357. The number of carbonyl (C=O) groups is 2. The Morgan fingerprint density at radius 1 is 0.949 bits per heavy atom. The molecule has 2 atom stereocenters. The molecule has 0 bridgehead atoms. The van der Waals surface area contributed by atoms with Crippen molar-refractivity contribution in [2.24, 2.45) is 11.1 Å². The third-order valence-corrected chi connectivity index (χ3v) is 7.08. The van der Waals surface area contributed by atoms with Gasteiger partial charge in [0.05, 0.1) is 19.8 Å². The molecule has 0 saturated carbocycles. The topological polar surface area (TPSA) is 115 Å². The van der Waals surface area contributed by atoms with Crippen molar-refractivity contribution in [3.05, 3.63) is 84.4 Å². The Morgan fingerprint density at radius 3 is 2.18 bits per heavy atom. The van der Waals surface area contributed by atoms with Crippen molar-refractivity contribution in [3.63, 3.8) is 0 Å². The number of amides is 1. The first-order chi connectivity index (χ1) is 18.8. The van der Waals surface area contributed by atoms with Crippen molar-refractivity contribution in [1.29, 1.82) is 5.41 Å². The van der Waals surface area contributed by atoms with Gasteiger partial charge in [-0.2, -0.15) is 0 Å². The molecule has 3 aromatic carbocycles. The molecule has 0 unspecified atom stereocenters. The second-order valence-corrected chi connectivity index (χ2v) is 9.88. The molecule has 8 heteroatoms. The highest BCUT2D eigenvalue weighted by molar-refractivity contribution is 6.04. The molecule has 0 aromatic heterocycles. The molecule has 1 aliphatic rings. The molecule has 1 fully saturated rings. The number of hydrogen-bond acceptors (Lipinski definition) is 6. The number of para-hydroxylation sites is 1. The summed E-state index contributed by atoms with van der Waals surface area (Å²) in [5, 5.41) is 7.54. The van der Waals surface area contributed by atoms with Crippen LogP contribution in [0.5, 0.6) is 11.5 Å². The summed E-state index contributed by atoms with van der Waals surface area (Å²) in [6, 6.07) is 24.5. The van der Waals surface area contributed by atoms with E-state index in [1.165, 1.54) is 7.11 Å². The highest BCUT2D eigenvalue weighted by Gasteiger charge is 2.54. The van der Waals surface area contributed by atoms with Crippen LogP contribution in [0.4, 0.5) is 0 Å². The van der Waals surface area contributed by atoms with E-state index in [9.17, 15) is 9.59 Å². The first kappa shape index (κ1) is 27.7. The van der Waals surface area contributed by atoms with E-state index >= 15 is 0 Å². The third-order valence-electron chi connectivity index (χ3n) is 7.08. The summed E-state index contributed by atoms with van der Waals surface area (Å²) >= 11 is 0. The van der Waals surface area contributed by atoms with Crippen LogP contribution in [0.1, 0.15) is 31.7 Å². The maximum atomic E-state index is 13.3. The van der Waals surface area contributed by atoms with Gasteiger partial charge < -0.3 is 24.8 Å². The van der Waals surface area contributed by atoms with Gasteiger partial charge in [0.25, 0.3) is 0 Å². The van der Waals surface area contributed by atoms with Crippen LogP contribution in [0.15, 0.2) is 78.9 Å². The van der Waals surface area contributed by atoms with Gasteiger partial charge in [0, 0.05) is 12.1 Å². The average molecular weight is 530 g/mol. The maximum absolute atomic E-state index is 13.3. The predicted octanol–water partition coefficient (Wildman–Crippen LogP) is 4.66. The van der Waals surface area contributed by atoms with E-state index in [-0.39, 0.29) is 24.4 Å². The summed E-state index contributed by atoms with van der Waals surface area (Å²) in [5.41, 5.74) is 7.00. The van der Waals surface area contributed by atoms with E-state index in [0.717, 1.165) is 29.7 Å². The van der Waals surface area contributed by atoms with Crippen LogP contribution >= 0.6 is 0 Å². The van der Waals surface area contributed by atoms with Crippen molar-refractivity contribution in [3.8, 4) is 22.6 Å². The quantitative estimate of drug-likeness (QED) is 0.116. The minimum Gasteiger partial charge on any atom is -0.494 e. The number of hydrogen-bond donors (Lipinski definition) is 2. The summed E-state index contributed by atoms with van der Waals surface area (Å²) in [6.07, 6.45) is 1.85. The summed E-state index contributed by atoms with van der Waals surface area (Å²) in [6.45, 7) is 2.97. The molecular formula is C31H35N3O5. The molecule has 8 nitrogen and oxygen atoms in total. The number of nitrogen functional groups attached to an aromatic ring is 1. The van der Waals surface area contributed by atoms with Crippen molar-refractivity contribution >= 4 is 17.7 Å². The van der Waals surface area contributed by atoms with Gasteiger partial charge in [-0.1, -0.05) is 54.6 Å². The molecule has 1 aliphatic heterocycles. The molecular weight excluding hydrogens is 494 g/mol. The van der Waals surface area contributed by atoms with Gasteiger partial charge in [-0.15, -0.1) is 0 Å². The minimum atomic E-state index is -1.22. The lowest BCUT2D eigenvalue weighted by atomic mass is 9.87.